The Kier molecular flexibility index (Phi) is 4.04. The number of hydrogen-bond donors (Lipinski definition) is 2. The highest BCUT2D eigenvalue weighted by Gasteiger charge is 2.37. The van der Waals surface area contributed by atoms with Crippen molar-refractivity contribution < 1.29 is 18.0 Å². The maximum Gasteiger partial charge on any atom is 0.416 e. The van der Waals surface area contributed by atoms with Gasteiger partial charge in [0.1, 0.15) is 0 Å². The molecule has 0 bridgehead atoms. The summed E-state index contributed by atoms with van der Waals surface area (Å²) in [7, 11) is 0. The summed E-state index contributed by atoms with van der Waals surface area (Å²) in [5, 5.41) is 2.53. The Bertz CT molecular complexity index is 493. The van der Waals surface area contributed by atoms with E-state index in [0.717, 1.165) is 18.9 Å². The summed E-state index contributed by atoms with van der Waals surface area (Å²) in [6, 6.07) is 5.22. The first kappa shape index (κ1) is 14.8. The van der Waals surface area contributed by atoms with Crippen molar-refractivity contribution in [3.8, 4) is 0 Å². The van der Waals surface area contributed by atoms with Crippen molar-refractivity contribution in [2.75, 3.05) is 0 Å². The van der Waals surface area contributed by atoms with E-state index in [4.69, 9.17) is 5.73 Å². The van der Waals surface area contributed by atoms with E-state index in [1.807, 2.05) is 0 Å². The Morgan fingerprint density at radius 3 is 2.45 bits per heavy atom. The van der Waals surface area contributed by atoms with E-state index in [9.17, 15) is 18.0 Å². The summed E-state index contributed by atoms with van der Waals surface area (Å²) < 4.78 is 38.4. The fourth-order valence-electron chi connectivity index (χ4n) is 2.54. The Morgan fingerprint density at radius 2 is 1.85 bits per heavy atom. The minimum atomic E-state index is -4.42. The van der Waals surface area contributed by atoms with Gasteiger partial charge in [0.15, 0.2) is 0 Å². The van der Waals surface area contributed by atoms with Gasteiger partial charge in [-0.3, -0.25) is 4.79 Å². The first-order valence-electron chi connectivity index (χ1n) is 6.55. The molecule has 0 aromatic heterocycles. The molecule has 0 unspecified atom stereocenters. The van der Waals surface area contributed by atoms with Gasteiger partial charge in [-0.15, -0.1) is 0 Å². The van der Waals surface area contributed by atoms with Crippen LogP contribution >= 0.6 is 0 Å². The molecule has 0 spiro atoms. The highest BCUT2D eigenvalue weighted by molar-refractivity contribution is 5.86. The van der Waals surface area contributed by atoms with Crippen LogP contribution in [0.15, 0.2) is 24.3 Å². The number of hydrogen-bond acceptors (Lipinski definition) is 2. The van der Waals surface area contributed by atoms with E-state index < -0.39 is 17.3 Å². The maximum atomic E-state index is 12.8. The second-order valence-electron chi connectivity index (χ2n) is 5.20. The SMILES string of the molecule is NC1(C(=O)NCc2ccccc2C(F)(F)F)CCCC1. The third kappa shape index (κ3) is 3.12. The van der Waals surface area contributed by atoms with E-state index in [1.54, 1.807) is 0 Å². The van der Waals surface area contributed by atoms with Crippen LogP contribution in [0.5, 0.6) is 0 Å². The molecule has 0 aliphatic heterocycles. The van der Waals surface area contributed by atoms with Gasteiger partial charge in [-0.05, 0) is 24.5 Å². The molecule has 1 saturated carbocycles. The molecular weight excluding hydrogens is 269 g/mol. The van der Waals surface area contributed by atoms with E-state index in [2.05, 4.69) is 5.32 Å². The molecule has 0 heterocycles. The number of nitrogens with one attached hydrogen (secondary N) is 1. The quantitative estimate of drug-likeness (QED) is 0.897. The van der Waals surface area contributed by atoms with Crippen molar-refractivity contribution in [3.05, 3.63) is 35.4 Å². The monoisotopic (exact) mass is 286 g/mol. The number of carbonyl (C=O) groups is 1. The predicted octanol–water partition coefficient (Wildman–Crippen LogP) is 2.59. The van der Waals surface area contributed by atoms with Gasteiger partial charge >= 0.3 is 6.18 Å². The Morgan fingerprint density at radius 1 is 1.25 bits per heavy atom. The molecule has 0 atom stereocenters. The fourth-order valence-corrected chi connectivity index (χ4v) is 2.54. The first-order chi connectivity index (χ1) is 9.33. The molecule has 1 aliphatic carbocycles. The summed E-state index contributed by atoms with van der Waals surface area (Å²) in [5.41, 5.74) is 4.36. The number of nitrogens with two attached hydrogens (primary N) is 1. The standard InChI is InChI=1S/C14H17F3N2O/c15-14(16,17)11-6-2-1-5-10(11)9-19-12(20)13(18)7-3-4-8-13/h1-2,5-6H,3-4,7-9,18H2,(H,19,20). The van der Waals surface area contributed by atoms with Gasteiger partial charge in [-0.1, -0.05) is 31.0 Å². The number of benzene rings is 1. The molecule has 20 heavy (non-hydrogen) atoms. The molecule has 1 aromatic rings. The molecular formula is C14H17F3N2O. The van der Waals surface area contributed by atoms with Crippen molar-refractivity contribution in [2.45, 2.75) is 43.9 Å². The Balaban J connectivity index is 2.06. The highest BCUT2D eigenvalue weighted by atomic mass is 19.4. The van der Waals surface area contributed by atoms with Crippen LogP contribution in [0.4, 0.5) is 13.2 Å². The average Bonchev–Trinajstić information content (AvgIpc) is 2.83. The third-order valence-electron chi connectivity index (χ3n) is 3.71. The third-order valence-corrected chi connectivity index (χ3v) is 3.71. The van der Waals surface area contributed by atoms with Crippen LogP contribution in [-0.4, -0.2) is 11.4 Å². The normalized spacial score (nSPS) is 18.0. The lowest BCUT2D eigenvalue weighted by Crippen LogP contribution is -2.51. The summed E-state index contributed by atoms with van der Waals surface area (Å²) >= 11 is 0. The molecule has 110 valence electrons. The topological polar surface area (TPSA) is 55.1 Å². The van der Waals surface area contributed by atoms with Crippen molar-refractivity contribution in [3.63, 3.8) is 0 Å². The van der Waals surface area contributed by atoms with Crippen LogP contribution in [0.1, 0.15) is 36.8 Å². The van der Waals surface area contributed by atoms with Gasteiger partial charge in [0.2, 0.25) is 5.91 Å². The molecule has 1 aromatic carbocycles. The first-order valence-corrected chi connectivity index (χ1v) is 6.55. The van der Waals surface area contributed by atoms with Crippen molar-refractivity contribution in [2.24, 2.45) is 5.73 Å². The van der Waals surface area contributed by atoms with Crippen LogP contribution in [0.3, 0.4) is 0 Å². The van der Waals surface area contributed by atoms with Crippen LogP contribution < -0.4 is 11.1 Å². The van der Waals surface area contributed by atoms with E-state index in [0.29, 0.717) is 12.8 Å². The smallest absolute Gasteiger partial charge is 0.350 e. The van der Waals surface area contributed by atoms with E-state index >= 15 is 0 Å². The van der Waals surface area contributed by atoms with Gasteiger partial charge in [-0.2, -0.15) is 13.2 Å². The number of carbonyl (C=O) groups excluding carboxylic acids is 1. The number of amides is 1. The minimum absolute atomic E-state index is 0.0509. The predicted molar refractivity (Wildman–Crippen MR) is 68.7 cm³/mol. The van der Waals surface area contributed by atoms with Crippen LogP contribution in [0.2, 0.25) is 0 Å². The molecule has 3 N–H and O–H groups in total. The van der Waals surface area contributed by atoms with E-state index in [1.165, 1.54) is 18.2 Å². The fraction of sp³-hybridized carbons (Fsp3) is 0.500. The van der Waals surface area contributed by atoms with Crippen LogP contribution in [0.25, 0.3) is 0 Å². The summed E-state index contributed by atoms with van der Waals surface area (Å²) in [5.74, 6) is -0.369. The van der Waals surface area contributed by atoms with Crippen molar-refractivity contribution in [1.82, 2.24) is 5.32 Å². The zero-order valence-electron chi connectivity index (χ0n) is 11.0. The van der Waals surface area contributed by atoms with Crippen molar-refractivity contribution in [1.29, 1.82) is 0 Å². The molecule has 6 heteroatoms. The lowest BCUT2D eigenvalue weighted by atomic mass is 9.98. The average molecular weight is 286 g/mol. The van der Waals surface area contributed by atoms with Crippen LogP contribution in [0, 0.1) is 0 Å². The minimum Gasteiger partial charge on any atom is -0.350 e. The number of rotatable bonds is 3. The van der Waals surface area contributed by atoms with E-state index in [-0.39, 0.29) is 18.0 Å². The molecule has 3 nitrogen and oxygen atoms in total. The zero-order chi connectivity index (χ0) is 14.8. The maximum absolute atomic E-state index is 12.8. The zero-order valence-corrected chi connectivity index (χ0v) is 11.0. The molecule has 0 radical (unpaired) electrons. The molecule has 1 aliphatic rings. The van der Waals surface area contributed by atoms with Crippen molar-refractivity contribution >= 4 is 5.91 Å². The van der Waals surface area contributed by atoms with Gasteiger partial charge in [0.25, 0.3) is 0 Å². The lowest BCUT2D eigenvalue weighted by molar-refractivity contribution is -0.138. The summed E-state index contributed by atoms with van der Waals surface area (Å²) in [4.78, 5) is 12.0. The van der Waals surface area contributed by atoms with Gasteiger partial charge < -0.3 is 11.1 Å². The molecule has 1 amide bonds. The second-order valence-corrected chi connectivity index (χ2v) is 5.20. The van der Waals surface area contributed by atoms with Gasteiger partial charge in [0, 0.05) is 6.54 Å². The summed E-state index contributed by atoms with van der Waals surface area (Å²) in [6.45, 7) is -0.159. The summed E-state index contributed by atoms with van der Waals surface area (Å²) in [6.07, 6.45) is -1.50. The Hall–Kier alpha value is -1.56. The number of alkyl halides is 3. The van der Waals surface area contributed by atoms with Gasteiger partial charge in [0.05, 0.1) is 11.1 Å². The second kappa shape index (κ2) is 5.44. The molecule has 1 fully saturated rings. The highest BCUT2D eigenvalue weighted by Crippen LogP contribution is 2.32. The lowest BCUT2D eigenvalue weighted by Gasteiger charge is -2.22. The molecule has 0 saturated heterocycles. The largest absolute Gasteiger partial charge is 0.416 e. The van der Waals surface area contributed by atoms with Crippen LogP contribution in [-0.2, 0) is 17.5 Å². The Labute approximate surface area is 115 Å². The number of halogens is 3. The molecule has 2 rings (SSSR count). The van der Waals surface area contributed by atoms with Gasteiger partial charge in [-0.25, -0.2) is 0 Å².